The summed E-state index contributed by atoms with van der Waals surface area (Å²) in [7, 11) is 0. The molecule has 23 heavy (non-hydrogen) atoms. The lowest BCUT2D eigenvalue weighted by Gasteiger charge is -2.04. The smallest absolute Gasteiger partial charge is 0.230 e. The molecule has 0 aliphatic carbocycles. The van der Waals surface area contributed by atoms with Crippen molar-refractivity contribution >= 4 is 33.6 Å². The highest BCUT2D eigenvalue weighted by Crippen LogP contribution is 2.21. The van der Waals surface area contributed by atoms with Crippen molar-refractivity contribution in [1.29, 1.82) is 0 Å². The molecule has 0 saturated carbocycles. The van der Waals surface area contributed by atoms with Crippen molar-refractivity contribution in [2.45, 2.75) is 13.3 Å². The zero-order valence-corrected chi connectivity index (χ0v) is 12.5. The van der Waals surface area contributed by atoms with Gasteiger partial charge in [0, 0.05) is 11.1 Å². The minimum atomic E-state index is -0.138. The van der Waals surface area contributed by atoms with E-state index in [1.807, 2.05) is 43.3 Å². The lowest BCUT2D eigenvalue weighted by Crippen LogP contribution is -2.14. The molecular formula is C17H14N4O2. The third-order valence-corrected chi connectivity index (χ3v) is 3.73. The van der Waals surface area contributed by atoms with Crippen LogP contribution in [0.1, 0.15) is 11.3 Å². The van der Waals surface area contributed by atoms with Gasteiger partial charge in [0.05, 0.1) is 23.8 Å². The van der Waals surface area contributed by atoms with Crippen molar-refractivity contribution in [2.75, 3.05) is 5.32 Å². The third kappa shape index (κ3) is 2.55. The van der Waals surface area contributed by atoms with E-state index < -0.39 is 0 Å². The molecule has 0 saturated heterocycles. The first-order chi connectivity index (χ1) is 11.2. The second-order valence-corrected chi connectivity index (χ2v) is 5.49. The average molecular weight is 306 g/mol. The number of anilines is 1. The molecule has 0 radical (unpaired) electrons. The van der Waals surface area contributed by atoms with Crippen LogP contribution in [0.4, 0.5) is 5.69 Å². The fourth-order valence-electron chi connectivity index (χ4n) is 2.60. The molecule has 0 bridgehead atoms. The normalized spacial score (nSPS) is 11.2. The molecule has 0 fully saturated rings. The van der Waals surface area contributed by atoms with E-state index in [1.54, 1.807) is 6.33 Å². The lowest BCUT2D eigenvalue weighted by molar-refractivity contribution is -0.115. The van der Waals surface area contributed by atoms with Gasteiger partial charge in [0.1, 0.15) is 5.69 Å². The Hall–Kier alpha value is -3.15. The SMILES string of the molecule is Cc1ccc2onc(CC(=O)Nc3ccc4nc[nH]c4c3)c2c1. The number of nitrogens with zero attached hydrogens (tertiary/aromatic N) is 2. The minimum Gasteiger partial charge on any atom is -0.356 e. The molecule has 2 N–H and O–H groups in total. The molecule has 2 aromatic heterocycles. The number of nitrogens with one attached hydrogen (secondary N) is 2. The first kappa shape index (κ1) is 13.5. The van der Waals surface area contributed by atoms with Crippen LogP contribution in [0.5, 0.6) is 0 Å². The molecule has 6 heteroatoms. The molecule has 114 valence electrons. The summed E-state index contributed by atoms with van der Waals surface area (Å²) in [6.45, 7) is 2.00. The summed E-state index contributed by atoms with van der Waals surface area (Å²) in [5.74, 6) is -0.138. The summed E-state index contributed by atoms with van der Waals surface area (Å²) in [4.78, 5) is 19.4. The van der Waals surface area contributed by atoms with Gasteiger partial charge in [-0.15, -0.1) is 0 Å². The van der Waals surface area contributed by atoms with E-state index in [0.29, 0.717) is 11.3 Å². The number of aromatic nitrogens is 3. The Kier molecular flexibility index (Phi) is 3.08. The highest BCUT2D eigenvalue weighted by molar-refractivity contribution is 5.96. The summed E-state index contributed by atoms with van der Waals surface area (Å²) in [5.41, 5.74) is 4.90. The first-order valence-electron chi connectivity index (χ1n) is 7.27. The van der Waals surface area contributed by atoms with Gasteiger partial charge in [-0.3, -0.25) is 4.79 Å². The molecule has 1 amide bonds. The third-order valence-electron chi connectivity index (χ3n) is 3.73. The van der Waals surface area contributed by atoms with Gasteiger partial charge in [-0.05, 0) is 37.3 Å². The van der Waals surface area contributed by atoms with E-state index in [9.17, 15) is 4.79 Å². The Bertz CT molecular complexity index is 1020. The highest BCUT2D eigenvalue weighted by Gasteiger charge is 2.13. The Labute approximate surface area is 131 Å². The topological polar surface area (TPSA) is 83.8 Å². The molecule has 0 atom stereocenters. The molecule has 2 aromatic carbocycles. The number of benzene rings is 2. The Balaban J connectivity index is 1.55. The number of carbonyl (C=O) groups is 1. The first-order valence-corrected chi connectivity index (χ1v) is 7.27. The van der Waals surface area contributed by atoms with Gasteiger partial charge in [-0.25, -0.2) is 4.98 Å². The highest BCUT2D eigenvalue weighted by atomic mass is 16.5. The predicted molar refractivity (Wildman–Crippen MR) is 87.2 cm³/mol. The standard InChI is InChI=1S/C17H14N4O2/c1-10-2-5-16-12(6-10)14(21-23-16)8-17(22)20-11-3-4-13-15(7-11)19-9-18-13/h2-7,9H,8H2,1H3,(H,18,19)(H,20,22). The van der Waals surface area contributed by atoms with Gasteiger partial charge in [-0.1, -0.05) is 16.8 Å². The summed E-state index contributed by atoms with van der Waals surface area (Å²) >= 11 is 0. The molecule has 0 aliphatic rings. The number of H-pyrrole nitrogens is 1. The maximum Gasteiger partial charge on any atom is 0.230 e. The summed E-state index contributed by atoms with van der Waals surface area (Å²) < 4.78 is 5.26. The summed E-state index contributed by atoms with van der Waals surface area (Å²) in [6.07, 6.45) is 1.79. The molecule has 2 heterocycles. The Morgan fingerprint density at radius 2 is 2.17 bits per heavy atom. The zero-order chi connectivity index (χ0) is 15.8. The lowest BCUT2D eigenvalue weighted by atomic mass is 10.1. The van der Waals surface area contributed by atoms with Crippen LogP contribution in [0.3, 0.4) is 0 Å². The molecule has 0 unspecified atom stereocenters. The van der Waals surface area contributed by atoms with Crippen LogP contribution in [0, 0.1) is 6.92 Å². The van der Waals surface area contributed by atoms with Crippen LogP contribution in [-0.4, -0.2) is 21.0 Å². The van der Waals surface area contributed by atoms with E-state index in [2.05, 4.69) is 20.4 Å². The molecule has 4 aromatic rings. The molecule has 4 rings (SSSR count). The van der Waals surface area contributed by atoms with Gasteiger partial charge < -0.3 is 14.8 Å². The minimum absolute atomic E-state index is 0.138. The number of hydrogen-bond acceptors (Lipinski definition) is 4. The fourth-order valence-corrected chi connectivity index (χ4v) is 2.60. The van der Waals surface area contributed by atoms with Gasteiger partial charge in [0.25, 0.3) is 0 Å². The van der Waals surface area contributed by atoms with E-state index >= 15 is 0 Å². The van der Waals surface area contributed by atoms with Gasteiger partial charge in [0.15, 0.2) is 5.58 Å². The number of imidazole rings is 1. The zero-order valence-electron chi connectivity index (χ0n) is 12.5. The largest absolute Gasteiger partial charge is 0.356 e. The van der Waals surface area contributed by atoms with Crippen molar-refractivity contribution in [2.24, 2.45) is 0 Å². The second-order valence-electron chi connectivity index (χ2n) is 5.49. The number of amides is 1. The van der Waals surface area contributed by atoms with Crippen molar-refractivity contribution in [1.82, 2.24) is 15.1 Å². The number of carbonyl (C=O) groups excluding carboxylic acids is 1. The number of rotatable bonds is 3. The fraction of sp³-hybridized carbons (Fsp3) is 0.118. The number of fused-ring (bicyclic) bond motifs is 2. The van der Waals surface area contributed by atoms with Crippen molar-refractivity contribution < 1.29 is 9.32 Å². The van der Waals surface area contributed by atoms with Crippen molar-refractivity contribution in [3.8, 4) is 0 Å². The predicted octanol–water partition coefficient (Wildman–Crippen LogP) is 3.19. The molecule has 0 spiro atoms. The quantitative estimate of drug-likeness (QED) is 0.609. The Morgan fingerprint density at radius 3 is 3.09 bits per heavy atom. The molecular weight excluding hydrogens is 292 g/mol. The van der Waals surface area contributed by atoms with Crippen molar-refractivity contribution in [3.63, 3.8) is 0 Å². The maximum absolute atomic E-state index is 12.3. The van der Waals surface area contributed by atoms with Gasteiger partial charge in [0.2, 0.25) is 5.91 Å². The average Bonchev–Trinajstić information content (AvgIpc) is 3.14. The van der Waals surface area contributed by atoms with E-state index in [4.69, 9.17) is 4.52 Å². The van der Waals surface area contributed by atoms with Crippen LogP contribution in [-0.2, 0) is 11.2 Å². The van der Waals surface area contributed by atoms with Gasteiger partial charge >= 0.3 is 0 Å². The summed E-state index contributed by atoms with van der Waals surface area (Å²) in [5, 5.41) is 7.76. The maximum atomic E-state index is 12.3. The van der Waals surface area contributed by atoms with Crippen molar-refractivity contribution in [3.05, 3.63) is 54.0 Å². The van der Waals surface area contributed by atoms with Crippen LogP contribution in [0.2, 0.25) is 0 Å². The van der Waals surface area contributed by atoms with Gasteiger partial charge in [-0.2, -0.15) is 0 Å². The van der Waals surface area contributed by atoms with E-state index in [0.717, 1.165) is 27.7 Å². The summed E-state index contributed by atoms with van der Waals surface area (Å²) in [6, 6.07) is 11.3. The van der Waals surface area contributed by atoms with E-state index in [1.165, 1.54) is 0 Å². The van der Waals surface area contributed by atoms with Crippen LogP contribution in [0.25, 0.3) is 22.0 Å². The number of hydrogen-bond donors (Lipinski definition) is 2. The van der Waals surface area contributed by atoms with E-state index in [-0.39, 0.29) is 12.3 Å². The Morgan fingerprint density at radius 1 is 1.26 bits per heavy atom. The monoisotopic (exact) mass is 306 g/mol. The van der Waals surface area contributed by atoms with Crippen LogP contribution in [0.15, 0.2) is 47.2 Å². The molecule has 6 nitrogen and oxygen atoms in total. The van der Waals surface area contributed by atoms with Crippen LogP contribution >= 0.6 is 0 Å². The number of aryl methyl sites for hydroxylation is 1. The molecule has 0 aliphatic heterocycles. The second kappa shape index (κ2) is 5.24. The number of aromatic amines is 1. The van der Waals surface area contributed by atoms with Crippen LogP contribution < -0.4 is 5.32 Å².